The van der Waals surface area contributed by atoms with Crippen LogP contribution >= 0.6 is 0 Å². The third kappa shape index (κ3) is 7.35. The smallest absolute Gasteiger partial charge is 0.241 e. The molecule has 1 heterocycles. The Balaban J connectivity index is 1.84. The quantitative estimate of drug-likeness (QED) is 0.289. The second kappa shape index (κ2) is 12.7. The fraction of sp³-hybridized carbons (Fsp3) is 0.625. The first kappa shape index (κ1) is 20.7. The van der Waals surface area contributed by atoms with Gasteiger partial charge in [-0.05, 0) is 24.8 Å². The maximum atomic E-state index is 3.23. The number of nitrogens with zero attached hydrogens (tertiary/aromatic N) is 1. The Morgan fingerprint density at radius 3 is 2.19 bits per heavy atom. The summed E-state index contributed by atoms with van der Waals surface area (Å²) in [6.45, 7) is 4.62. The first-order chi connectivity index (χ1) is 12.8. The number of rotatable bonds is 14. The minimum absolute atomic E-state index is 0.589. The zero-order valence-electron chi connectivity index (χ0n) is 17.0. The van der Waals surface area contributed by atoms with Crippen LogP contribution < -0.4 is 4.57 Å². The summed E-state index contributed by atoms with van der Waals surface area (Å²) in [5.41, 5.74) is 1.48. The molecular formula is C24H39N2+. The van der Waals surface area contributed by atoms with E-state index in [0.29, 0.717) is 12.0 Å². The molecule has 144 valence electrons. The topological polar surface area (TPSA) is 19.7 Å². The van der Waals surface area contributed by atoms with Crippen LogP contribution in [0.4, 0.5) is 0 Å². The van der Waals surface area contributed by atoms with Crippen LogP contribution in [0.2, 0.25) is 0 Å². The van der Waals surface area contributed by atoms with Gasteiger partial charge >= 0.3 is 0 Å². The van der Waals surface area contributed by atoms with E-state index in [9.17, 15) is 0 Å². The van der Waals surface area contributed by atoms with Crippen molar-refractivity contribution >= 4 is 0 Å². The highest BCUT2D eigenvalue weighted by atomic mass is 15.1. The SMILES string of the molecule is CCCCCCCCCCC(Cc1ccccc1)C(CC)[n+]1cc[nH]c1. The fourth-order valence-electron chi connectivity index (χ4n) is 4.18. The third-order valence-corrected chi connectivity index (χ3v) is 5.68. The maximum absolute atomic E-state index is 3.23. The summed E-state index contributed by atoms with van der Waals surface area (Å²) in [5, 5.41) is 0. The van der Waals surface area contributed by atoms with Crippen LogP contribution in [0.1, 0.15) is 89.7 Å². The van der Waals surface area contributed by atoms with Crippen molar-refractivity contribution in [2.75, 3.05) is 0 Å². The molecule has 2 nitrogen and oxygen atoms in total. The summed E-state index contributed by atoms with van der Waals surface area (Å²) in [7, 11) is 0. The molecule has 2 atom stereocenters. The number of unbranched alkanes of at least 4 members (excludes halogenated alkanes) is 7. The average Bonchev–Trinajstić information content (AvgIpc) is 3.19. The Kier molecular flexibility index (Phi) is 10.2. The molecule has 1 aromatic carbocycles. The number of hydrogen-bond acceptors (Lipinski definition) is 0. The number of imidazole rings is 1. The van der Waals surface area contributed by atoms with E-state index in [0.717, 1.165) is 0 Å². The molecule has 1 aromatic heterocycles. The van der Waals surface area contributed by atoms with Gasteiger partial charge in [0, 0.05) is 5.92 Å². The van der Waals surface area contributed by atoms with Crippen LogP contribution in [0.25, 0.3) is 0 Å². The summed E-state index contributed by atoms with van der Waals surface area (Å²) >= 11 is 0. The van der Waals surface area contributed by atoms with Crippen molar-refractivity contribution < 1.29 is 4.57 Å². The van der Waals surface area contributed by atoms with E-state index in [2.05, 4.69) is 66.3 Å². The van der Waals surface area contributed by atoms with E-state index in [1.807, 2.05) is 6.20 Å². The lowest BCUT2D eigenvalue weighted by Crippen LogP contribution is -2.42. The predicted molar refractivity (Wildman–Crippen MR) is 111 cm³/mol. The van der Waals surface area contributed by atoms with Crippen molar-refractivity contribution in [3.8, 4) is 0 Å². The maximum Gasteiger partial charge on any atom is 0.241 e. The molecule has 2 aromatic rings. The van der Waals surface area contributed by atoms with E-state index in [1.54, 1.807) is 0 Å². The summed E-state index contributed by atoms with van der Waals surface area (Å²) in [6.07, 6.45) is 21.3. The minimum Gasteiger partial charge on any atom is -0.250 e. The highest BCUT2D eigenvalue weighted by Crippen LogP contribution is 2.27. The van der Waals surface area contributed by atoms with Gasteiger partial charge in [0.1, 0.15) is 18.4 Å². The van der Waals surface area contributed by atoms with Gasteiger partial charge in [0.15, 0.2) is 0 Å². The largest absolute Gasteiger partial charge is 0.250 e. The van der Waals surface area contributed by atoms with Gasteiger partial charge in [0.2, 0.25) is 6.33 Å². The average molecular weight is 356 g/mol. The number of H-pyrrole nitrogens is 1. The molecule has 0 bridgehead atoms. The first-order valence-corrected chi connectivity index (χ1v) is 10.9. The number of nitrogens with one attached hydrogen (secondary N) is 1. The van der Waals surface area contributed by atoms with Gasteiger partial charge in [-0.1, -0.05) is 95.5 Å². The summed E-state index contributed by atoms with van der Waals surface area (Å²) in [5.74, 6) is 0.711. The first-order valence-electron chi connectivity index (χ1n) is 10.9. The van der Waals surface area contributed by atoms with Gasteiger partial charge in [-0.15, -0.1) is 0 Å². The number of hydrogen-bond donors (Lipinski definition) is 1. The van der Waals surface area contributed by atoms with Crippen LogP contribution in [0.5, 0.6) is 0 Å². The summed E-state index contributed by atoms with van der Waals surface area (Å²) in [4.78, 5) is 3.23. The van der Waals surface area contributed by atoms with Crippen molar-refractivity contribution in [3.63, 3.8) is 0 Å². The van der Waals surface area contributed by atoms with E-state index < -0.39 is 0 Å². The van der Waals surface area contributed by atoms with Gasteiger partial charge in [-0.25, -0.2) is 4.57 Å². The molecule has 2 heteroatoms. The normalized spacial score (nSPS) is 13.6. The van der Waals surface area contributed by atoms with Gasteiger partial charge in [-0.2, -0.15) is 0 Å². The Hall–Kier alpha value is -1.57. The lowest BCUT2D eigenvalue weighted by atomic mass is 9.86. The second-order valence-electron chi connectivity index (χ2n) is 7.75. The summed E-state index contributed by atoms with van der Waals surface area (Å²) < 4.78 is 2.39. The molecule has 0 aliphatic heterocycles. The molecule has 0 saturated heterocycles. The fourth-order valence-corrected chi connectivity index (χ4v) is 4.18. The van der Waals surface area contributed by atoms with Gasteiger partial charge in [-0.3, -0.25) is 4.98 Å². The van der Waals surface area contributed by atoms with Crippen molar-refractivity contribution in [2.45, 2.75) is 90.5 Å². The monoisotopic (exact) mass is 355 g/mol. The number of aromatic nitrogens is 2. The van der Waals surface area contributed by atoms with Crippen molar-refractivity contribution in [1.29, 1.82) is 0 Å². The minimum atomic E-state index is 0.589. The zero-order chi connectivity index (χ0) is 18.5. The van der Waals surface area contributed by atoms with Crippen LogP contribution in [0, 0.1) is 5.92 Å². The lowest BCUT2D eigenvalue weighted by molar-refractivity contribution is -0.729. The molecule has 26 heavy (non-hydrogen) atoms. The number of aromatic amines is 1. The third-order valence-electron chi connectivity index (χ3n) is 5.68. The Morgan fingerprint density at radius 1 is 0.885 bits per heavy atom. The van der Waals surface area contributed by atoms with E-state index in [1.165, 1.54) is 76.2 Å². The van der Waals surface area contributed by atoms with Crippen molar-refractivity contribution in [1.82, 2.24) is 4.98 Å². The van der Waals surface area contributed by atoms with E-state index in [4.69, 9.17) is 0 Å². The standard InChI is InChI=1S/C24H38N2/c1-3-5-6-7-8-9-10-14-17-23(20-22-15-12-11-13-16-22)24(4-2)26-19-18-25-21-26/h11-13,15-16,18-19,21,23-24H,3-10,14,17,20H2,1-2H3/p+1. The molecule has 0 aliphatic rings. The van der Waals surface area contributed by atoms with E-state index >= 15 is 0 Å². The Labute approximate surface area is 161 Å². The lowest BCUT2D eigenvalue weighted by Gasteiger charge is -2.24. The van der Waals surface area contributed by atoms with Gasteiger partial charge < -0.3 is 0 Å². The predicted octanol–water partition coefficient (Wildman–Crippen LogP) is 6.64. The van der Waals surface area contributed by atoms with Crippen molar-refractivity contribution in [3.05, 3.63) is 54.6 Å². The highest BCUT2D eigenvalue weighted by molar-refractivity contribution is 5.15. The molecule has 0 amide bonds. The molecule has 0 spiro atoms. The van der Waals surface area contributed by atoms with Gasteiger partial charge in [0.25, 0.3) is 0 Å². The Morgan fingerprint density at radius 2 is 1.58 bits per heavy atom. The number of benzene rings is 1. The van der Waals surface area contributed by atoms with Crippen molar-refractivity contribution in [2.24, 2.45) is 5.92 Å². The second-order valence-corrected chi connectivity index (χ2v) is 7.75. The van der Waals surface area contributed by atoms with Crippen LogP contribution in [-0.4, -0.2) is 4.98 Å². The highest BCUT2D eigenvalue weighted by Gasteiger charge is 2.25. The van der Waals surface area contributed by atoms with Crippen LogP contribution in [0.3, 0.4) is 0 Å². The molecule has 2 unspecified atom stereocenters. The van der Waals surface area contributed by atoms with Crippen LogP contribution in [0.15, 0.2) is 49.1 Å². The molecule has 0 radical (unpaired) electrons. The molecular weight excluding hydrogens is 316 g/mol. The Bertz CT molecular complexity index is 547. The zero-order valence-corrected chi connectivity index (χ0v) is 17.0. The molecule has 0 fully saturated rings. The van der Waals surface area contributed by atoms with Crippen LogP contribution in [-0.2, 0) is 6.42 Å². The summed E-state index contributed by atoms with van der Waals surface area (Å²) in [6, 6.07) is 11.6. The molecule has 2 rings (SSSR count). The molecule has 0 saturated carbocycles. The van der Waals surface area contributed by atoms with Gasteiger partial charge in [0.05, 0.1) is 0 Å². The van der Waals surface area contributed by atoms with E-state index in [-0.39, 0.29) is 0 Å². The molecule has 1 N–H and O–H groups in total. The molecule has 0 aliphatic carbocycles.